The average Bonchev–Trinajstić information content (AvgIpc) is 2.34. The van der Waals surface area contributed by atoms with Crippen LogP contribution in [-0.4, -0.2) is 33.5 Å². The summed E-state index contributed by atoms with van der Waals surface area (Å²) in [5.74, 6) is -1.03. The fourth-order valence-electron chi connectivity index (χ4n) is 1.17. The van der Waals surface area contributed by atoms with Crippen LogP contribution in [0.5, 0.6) is 0 Å². The molecule has 0 amide bonds. The van der Waals surface area contributed by atoms with E-state index in [2.05, 4.69) is 4.74 Å². The molecule has 0 aromatic heterocycles. The minimum atomic E-state index is -3.28. The molecule has 0 fully saturated rings. The number of ketones is 1. The van der Waals surface area contributed by atoms with Crippen LogP contribution < -0.4 is 0 Å². The predicted octanol–water partition coefficient (Wildman–Crippen LogP) is 1.00. The molecule has 96 valence electrons. The van der Waals surface area contributed by atoms with Crippen molar-refractivity contribution in [2.24, 2.45) is 0 Å². The van der Waals surface area contributed by atoms with Gasteiger partial charge in [0.25, 0.3) is 0 Å². The lowest BCUT2D eigenvalue weighted by molar-refractivity contribution is -0.134. The fourth-order valence-corrected chi connectivity index (χ4v) is 1.80. The van der Waals surface area contributed by atoms with Crippen LogP contribution in [0.15, 0.2) is 41.3 Å². The van der Waals surface area contributed by atoms with E-state index in [9.17, 15) is 18.0 Å². The van der Waals surface area contributed by atoms with E-state index in [0.717, 1.165) is 18.4 Å². The zero-order valence-corrected chi connectivity index (χ0v) is 10.7. The maximum Gasteiger partial charge on any atom is 0.330 e. The van der Waals surface area contributed by atoms with Crippen molar-refractivity contribution in [3.05, 3.63) is 42.0 Å². The SMILES string of the molecule is COC(=O)/C=C/C(=O)c1ccc(S(C)(=O)=O)cc1. The monoisotopic (exact) mass is 268 g/mol. The zero-order valence-electron chi connectivity index (χ0n) is 9.91. The van der Waals surface area contributed by atoms with Gasteiger partial charge in [-0.15, -0.1) is 0 Å². The number of ether oxygens (including phenoxy) is 1. The van der Waals surface area contributed by atoms with Crippen molar-refractivity contribution in [3.63, 3.8) is 0 Å². The van der Waals surface area contributed by atoms with Crippen molar-refractivity contribution < 1.29 is 22.7 Å². The van der Waals surface area contributed by atoms with Crippen molar-refractivity contribution in [1.82, 2.24) is 0 Å². The van der Waals surface area contributed by atoms with Crippen molar-refractivity contribution in [2.75, 3.05) is 13.4 Å². The quantitative estimate of drug-likeness (QED) is 0.462. The van der Waals surface area contributed by atoms with Crippen molar-refractivity contribution in [2.45, 2.75) is 4.90 Å². The van der Waals surface area contributed by atoms with Crippen LogP contribution in [0, 0.1) is 0 Å². The molecule has 0 aliphatic carbocycles. The Hall–Kier alpha value is -1.95. The van der Waals surface area contributed by atoms with Gasteiger partial charge in [-0.2, -0.15) is 0 Å². The Balaban J connectivity index is 2.90. The predicted molar refractivity (Wildman–Crippen MR) is 65.0 cm³/mol. The molecule has 0 heterocycles. The van der Waals surface area contributed by atoms with Crippen LogP contribution in [0.3, 0.4) is 0 Å². The molecule has 0 aliphatic heterocycles. The molecule has 18 heavy (non-hydrogen) atoms. The van der Waals surface area contributed by atoms with Gasteiger partial charge in [-0.05, 0) is 30.3 Å². The molecule has 0 atom stereocenters. The molecule has 0 radical (unpaired) electrons. The summed E-state index contributed by atoms with van der Waals surface area (Å²) in [4.78, 5) is 22.5. The first-order valence-electron chi connectivity index (χ1n) is 4.95. The standard InChI is InChI=1S/C12H12O5S/c1-17-12(14)8-7-11(13)9-3-5-10(6-4-9)18(2,15)16/h3-8H,1-2H3/b8-7+. The number of esters is 1. The Bertz CT molecular complexity index is 581. The van der Waals surface area contributed by atoms with E-state index >= 15 is 0 Å². The van der Waals surface area contributed by atoms with Gasteiger partial charge in [0.15, 0.2) is 15.6 Å². The maximum absolute atomic E-state index is 11.6. The molecule has 0 saturated heterocycles. The molecule has 0 aliphatic rings. The Morgan fingerprint density at radius 3 is 2.11 bits per heavy atom. The number of benzene rings is 1. The minimum Gasteiger partial charge on any atom is -0.466 e. The summed E-state index contributed by atoms with van der Waals surface area (Å²) < 4.78 is 26.8. The first-order chi connectivity index (χ1) is 8.34. The van der Waals surface area contributed by atoms with Crippen molar-refractivity contribution in [1.29, 1.82) is 0 Å². The first kappa shape index (κ1) is 14.1. The third kappa shape index (κ3) is 3.81. The van der Waals surface area contributed by atoms with E-state index in [0.29, 0.717) is 5.56 Å². The van der Waals surface area contributed by atoms with Crippen LogP contribution in [0.25, 0.3) is 0 Å². The van der Waals surface area contributed by atoms with Gasteiger partial charge in [0.1, 0.15) is 0 Å². The van der Waals surface area contributed by atoms with Gasteiger partial charge in [0, 0.05) is 17.9 Å². The molecule has 0 saturated carbocycles. The number of carbonyl (C=O) groups excluding carboxylic acids is 2. The summed E-state index contributed by atoms with van der Waals surface area (Å²) >= 11 is 0. The molecule has 0 spiro atoms. The summed E-state index contributed by atoms with van der Waals surface area (Å²) in [5, 5.41) is 0. The van der Waals surface area contributed by atoms with Crippen LogP contribution >= 0.6 is 0 Å². The molecular weight excluding hydrogens is 256 g/mol. The molecular formula is C12H12O5S. The highest BCUT2D eigenvalue weighted by Crippen LogP contribution is 2.11. The number of carbonyl (C=O) groups is 2. The van der Waals surface area contributed by atoms with Crippen LogP contribution in [0.4, 0.5) is 0 Å². The fraction of sp³-hybridized carbons (Fsp3) is 0.167. The summed E-state index contributed by atoms with van der Waals surface area (Å²) in [6.07, 6.45) is 3.16. The highest BCUT2D eigenvalue weighted by Gasteiger charge is 2.08. The highest BCUT2D eigenvalue weighted by atomic mass is 32.2. The van der Waals surface area contributed by atoms with Crippen molar-refractivity contribution >= 4 is 21.6 Å². The van der Waals surface area contributed by atoms with Gasteiger partial charge in [-0.3, -0.25) is 4.79 Å². The average molecular weight is 268 g/mol. The largest absolute Gasteiger partial charge is 0.466 e. The second-order valence-corrected chi connectivity index (χ2v) is 5.53. The Morgan fingerprint density at radius 2 is 1.67 bits per heavy atom. The van der Waals surface area contributed by atoms with E-state index in [1.54, 1.807) is 0 Å². The number of hydrogen-bond donors (Lipinski definition) is 0. The lowest BCUT2D eigenvalue weighted by atomic mass is 10.1. The number of rotatable bonds is 4. The molecule has 0 N–H and O–H groups in total. The van der Waals surface area contributed by atoms with E-state index in [4.69, 9.17) is 0 Å². The highest BCUT2D eigenvalue weighted by molar-refractivity contribution is 7.90. The summed E-state index contributed by atoms with van der Waals surface area (Å²) in [6, 6.07) is 5.46. The molecule has 0 unspecified atom stereocenters. The number of methoxy groups -OCH3 is 1. The topological polar surface area (TPSA) is 77.5 Å². The van der Waals surface area contributed by atoms with E-state index in [1.165, 1.54) is 31.4 Å². The van der Waals surface area contributed by atoms with Gasteiger partial charge < -0.3 is 4.74 Å². The molecule has 1 rings (SSSR count). The Morgan fingerprint density at radius 1 is 1.11 bits per heavy atom. The molecule has 5 nitrogen and oxygen atoms in total. The van der Waals surface area contributed by atoms with Gasteiger partial charge in [-0.25, -0.2) is 13.2 Å². The van der Waals surface area contributed by atoms with Crippen molar-refractivity contribution in [3.8, 4) is 0 Å². The summed E-state index contributed by atoms with van der Waals surface area (Å²) in [5.41, 5.74) is 0.294. The van der Waals surface area contributed by atoms with Crippen LogP contribution in [0.2, 0.25) is 0 Å². The molecule has 1 aromatic carbocycles. The Kier molecular flexibility index (Phi) is 4.38. The third-order valence-corrected chi connectivity index (χ3v) is 3.27. The summed E-state index contributed by atoms with van der Waals surface area (Å²) in [7, 11) is -2.07. The number of allylic oxidation sites excluding steroid dienone is 1. The maximum atomic E-state index is 11.6. The van der Waals surface area contributed by atoms with E-state index in [1.807, 2.05) is 0 Å². The van der Waals surface area contributed by atoms with Gasteiger partial charge in [-0.1, -0.05) is 0 Å². The second-order valence-electron chi connectivity index (χ2n) is 3.52. The lowest BCUT2D eigenvalue weighted by Crippen LogP contribution is -2.01. The van der Waals surface area contributed by atoms with Gasteiger partial charge in [0.05, 0.1) is 12.0 Å². The number of hydrogen-bond acceptors (Lipinski definition) is 5. The minimum absolute atomic E-state index is 0.135. The smallest absolute Gasteiger partial charge is 0.330 e. The van der Waals surface area contributed by atoms with Gasteiger partial charge >= 0.3 is 5.97 Å². The van der Waals surface area contributed by atoms with Crippen LogP contribution in [-0.2, 0) is 19.4 Å². The Labute approximate surface area is 105 Å². The lowest BCUT2D eigenvalue weighted by Gasteiger charge is -1.99. The van der Waals surface area contributed by atoms with E-state index < -0.39 is 21.6 Å². The summed E-state index contributed by atoms with van der Waals surface area (Å²) in [6.45, 7) is 0. The first-order valence-corrected chi connectivity index (χ1v) is 6.84. The molecule has 6 heteroatoms. The third-order valence-electron chi connectivity index (χ3n) is 2.14. The number of sulfone groups is 1. The molecule has 1 aromatic rings. The van der Waals surface area contributed by atoms with E-state index in [-0.39, 0.29) is 4.90 Å². The van der Waals surface area contributed by atoms with Crippen LogP contribution in [0.1, 0.15) is 10.4 Å². The van der Waals surface area contributed by atoms with Gasteiger partial charge in [0.2, 0.25) is 0 Å². The normalized spacial score (nSPS) is 11.4. The molecule has 0 bridgehead atoms. The second kappa shape index (κ2) is 5.59. The zero-order chi connectivity index (χ0) is 13.8.